The molecule has 0 saturated carbocycles. The van der Waals surface area contributed by atoms with Gasteiger partial charge in [-0.3, -0.25) is 4.79 Å². The van der Waals surface area contributed by atoms with E-state index in [0.29, 0.717) is 0 Å². The van der Waals surface area contributed by atoms with Crippen molar-refractivity contribution in [2.45, 2.75) is 32.8 Å². The third-order valence-electron chi connectivity index (χ3n) is 1.73. The van der Waals surface area contributed by atoms with E-state index in [2.05, 4.69) is 0 Å². The molecule has 0 amide bonds. The molecular formula is C7H12O2. The number of rotatable bonds is 0. The second kappa shape index (κ2) is 2.38. The summed E-state index contributed by atoms with van der Waals surface area (Å²) in [6.45, 7) is 3.85. The topological polar surface area (TPSA) is 26.3 Å². The highest BCUT2D eigenvalue weighted by atomic mass is 16.5. The van der Waals surface area contributed by atoms with Gasteiger partial charge >= 0.3 is 5.97 Å². The zero-order valence-corrected chi connectivity index (χ0v) is 5.89. The summed E-state index contributed by atoms with van der Waals surface area (Å²) in [5.41, 5.74) is 0. The molecule has 1 heterocycles. The van der Waals surface area contributed by atoms with Gasteiger partial charge in [-0.25, -0.2) is 0 Å². The molecule has 0 aromatic carbocycles. The Labute approximate surface area is 55.2 Å². The van der Waals surface area contributed by atoms with Crippen molar-refractivity contribution in [1.82, 2.24) is 0 Å². The molecule has 9 heavy (non-hydrogen) atoms. The first-order valence-corrected chi connectivity index (χ1v) is 3.40. The molecule has 52 valence electrons. The van der Waals surface area contributed by atoms with E-state index in [-0.39, 0.29) is 18.0 Å². The summed E-state index contributed by atoms with van der Waals surface area (Å²) >= 11 is 0. The Balaban J connectivity index is 2.44. The zero-order chi connectivity index (χ0) is 6.85. The highest BCUT2D eigenvalue weighted by Crippen LogP contribution is 2.18. The van der Waals surface area contributed by atoms with Gasteiger partial charge in [0.15, 0.2) is 0 Å². The molecule has 2 unspecified atom stereocenters. The maximum atomic E-state index is 10.8. The Morgan fingerprint density at radius 1 is 1.44 bits per heavy atom. The number of carbonyl (C=O) groups excluding carboxylic acids is 1. The van der Waals surface area contributed by atoms with Gasteiger partial charge in [0, 0.05) is 0 Å². The quantitative estimate of drug-likeness (QED) is 0.460. The molecule has 2 heteroatoms. The van der Waals surface area contributed by atoms with Gasteiger partial charge in [0.1, 0.15) is 0 Å². The fourth-order valence-corrected chi connectivity index (χ4v) is 0.976. The Morgan fingerprint density at radius 3 is 2.56 bits per heavy atom. The Bertz CT molecular complexity index is 120. The summed E-state index contributed by atoms with van der Waals surface area (Å²) in [6, 6.07) is 0. The van der Waals surface area contributed by atoms with Crippen molar-refractivity contribution >= 4 is 5.97 Å². The molecule has 0 bridgehead atoms. The van der Waals surface area contributed by atoms with Crippen LogP contribution in [0.25, 0.3) is 0 Å². The summed E-state index contributed by atoms with van der Waals surface area (Å²) in [7, 11) is 0. The first-order valence-electron chi connectivity index (χ1n) is 3.40. The standard InChI is InChI=1S/C7H12O2/c1-5-3-4-6(2)9-7(5)8/h5-6H,3-4H2,1-2H3. The lowest BCUT2D eigenvalue weighted by molar-refractivity contribution is -0.158. The Hall–Kier alpha value is -0.530. The summed E-state index contributed by atoms with van der Waals surface area (Å²) in [6.07, 6.45) is 2.15. The predicted octanol–water partition coefficient (Wildman–Crippen LogP) is 1.35. The molecular weight excluding hydrogens is 116 g/mol. The van der Waals surface area contributed by atoms with Crippen molar-refractivity contribution in [3.05, 3.63) is 0 Å². The minimum atomic E-state index is -0.0336. The van der Waals surface area contributed by atoms with E-state index < -0.39 is 0 Å². The van der Waals surface area contributed by atoms with Crippen LogP contribution in [0.1, 0.15) is 26.7 Å². The van der Waals surface area contributed by atoms with Crippen LogP contribution in [0.5, 0.6) is 0 Å². The second-order valence-electron chi connectivity index (χ2n) is 2.73. The zero-order valence-electron chi connectivity index (χ0n) is 5.89. The van der Waals surface area contributed by atoms with E-state index in [1.54, 1.807) is 0 Å². The first kappa shape index (κ1) is 6.59. The van der Waals surface area contributed by atoms with Crippen molar-refractivity contribution < 1.29 is 9.53 Å². The molecule has 0 aromatic heterocycles. The van der Waals surface area contributed by atoms with Crippen LogP contribution < -0.4 is 0 Å². The van der Waals surface area contributed by atoms with Crippen LogP contribution in [-0.4, -0.2) is 12.1 Å². The van der Waals surface area contributed by atoms with E-state index in [0.717, 1.165) is 12.8 Å². The third kappa shape index (κ3) is 1.44. The maximum Gasteiger partial charge on any atom is 0.308 e. The molecule has 1 aliphatic heterocycles. The Kier molecular flexibility index (Phi) is 1.74. The lowest BCUT2D eigenvalue weighted by Crippen LogP contribution is -2.27. The highest BCUT2D eigenvalue weighted by molar-refractivity contribution is 5.72. The van der Waals surface area contributed by atoms with Crippen molar-refractivity contribution in [1.29, 1.82) is 0 Å². The average molecular weight is 128 g/mol. The third-order valence-corrected chi connectivity index (χ3v) is 1.73. The number of ether oxygens (including phenoxy) is 1. The first-order chi connectivity index (χ1) is 4.20. The van der Waals surface area contributed by atoms with Gasteiger partial charge in [0.2, 0.25) is 0 Å². The molecule has 2 atom stereocenters. The van der Waals surface area contributed by atoms with Crippen LogP contribution in [0.4, 0.5) is 0 Å². The normalized spacial score (nSPS) is 36.0. The minimum Gasteiger partial charge on any atom is -0.462 e. The van der Waals surface area contributed by atoms with Gasteiger partial charge in [-0.1, -0.05) is 6.92 Å². The summed E-state index contributed by atoms with van der Waals surface area (Å²) in [5.74, 6) is 0.0925. The van der Waals surface area contributed by atoms with Crippen LogP contribution in [0.3, 0.4) is 0 Å². The molecule has 1 fully saturated rings. The largest absolute Gasteiger partial charge is 0.462 e. The van der Waals surface area contributed by atoms with E-state index in [1.807, 2.05) is 13.8 Å². The van der Waals surface area contributed by atoms with Crippen LogP contribution in [-0.2, 0) is 9.53 Å². The fourth-order valence-electron chi connectivity index (χ4n) is 0.976. The van der Waals surface area contributed by atoms with Crippen molar-refractivity contribution in [3.8, 4) is 0 Å². The predicted molar refractivity (Wildman–Crippen MR) is 34.0 cm³/mol. The highest BCUT2D eigenvalue weighted by Gasteiger charge is 2.23. The SMILES string of the molecule is CC1CCC(C)C(=O)O1. The number of carbonyl (C=O) groups is 1. The van der Waals surface area contributed by atoms with Crippen LogP contribution in [0.2, 0.25) is 0 Å². The van der Waals surface area contributed by atoms with Gasteiger partial charge in [0.05, 0.1) is 12.0 Å². The minimum absolute atomic E-state index is 0.0336. The molecule has 0 aromatic rings. The van der Waals surface area contributed by atoms with Crippen molar-refractivity contribution in [3.63, 3.8) is 0 Å². The number of esters is 1. The van der Waals surface area contributed by atoms with E-state index in [1.165, 1.54) is 0 Å². The van der Waals surface area contributed by atoms with Crippen LogP contribution >= 0.6 is 0 Å². The summed E-state index contributed by atoms with van der Waals surface area (Å²) in [5, 5.41) is 0. The van der Waals surface area contributed by atoms with Crippen molar-refractivity contribution in [2.24, 2.45) is 5.92 Å². The molecule has 1 saturated heterocycles. The molecule has 0 spiro atoms. The fraction of sp³-hybridized carbons (Fsp3) is 0.857. The van der Waals surface area contributed by atoms with Gasteiger partial charge in [-0.05, 0) is 19.8 Å². The lowest BCUT2D eigenvalue weighted by Gasteiger charge is -2.22. The molecule has 2 nitrogen and oxygen atoms in total. The maximum absolute atomic E-state index is 10.8. The van der Waals surface area contributed by atoms with Gasteiger partial charge in [-0.2, -0.15) is 0 Å². The lowest BCUT2D eigenvalue weighted by atomic mass is 10.0. The van der Waals surface area contributed by atoms with Gasteiger partial charge in [0.25, 0.3) is 0 Å². The molecule has 0 aliphatic carbocycles. The van der Waals surface area contributed by atoms with E-state index >= 15 is 0 Å². The van der Waals surface area contributed by atoms with Crippen LogP contribution in [0, 0.1) is 5.92 Å². The molecule has 0 N–H and O–H groups in total. The smallest absolute Gasteiger partial charge is 0.308 e. The number of cyclic esters (lactones) is 1. The molecule has 1 rings (SSSR count). The van der Waals surface area contributed by atoms with Crippen LogP contribution in [0.15, 0.2) is 0 Å². The second-order valence-corrected chi connectivity index (χ2v) is 2.73. The van der Waals surface area contributed by atoms with Gasteiger partial charge in [-0.15, -0.1) is 0 Å². The number of hydrogen-bond acceptors (Lipinski definition) is 2. The van der Waals surface area contributed by atoms with Crippen molar-refractivity contribution in [2.75, 3.05) is 0 Å². The molecule has 1 aliphatic rings. The summed E-state index contributed by atoms with van der Waals surface area (Å²) in [4.78, 5) is 10.8. The van der Waals surface area contributed by atoms with E-state index in [4.69, 9.17) is 4.74 Å². The summed E-state index contributed by atoms with van der Waals surface area (Å²) < 4.78 is 4.96. The molecule has 0 radical (unpaired) electrons. The number of hydrogen-bond donors (Lipinski definition) is 0. The van der Waals surface area contributed by atoms with Gasteiger partial charge < -0.3 is 4.74 Å². The monoisotopic (exact) mass is 128 g/mol. The average Bonchev–Trinajstić information content (AvgIpc) is 1.80. The Morgan fingerprint density at radius 2 is 2.11 bits per heavy atom. The van der Waals surface area contributed by atoms with E-state index in [9.17, 15) is 4.79 Å².